The van der Waals surface area contributed by atoms with Crippen molar-refractivity contribution in [1.29, 1.82) is 0 Å². The highest BCUT2D eigenvalue weighted by Gasteiger charge is 2.15. The normalized spacial score (nSPS) is 20.1. The van der Waals surface area contributed by atoms with E-state index in [1.54, 1.807) is 6.08 Å². The molecule has 104 valence electrons. The van der Waals surface area contributed by atoms with E-state index in [9.17, 15) is 4.79 Å². The zero-order valence-corrected chi connectivity index (χ0v) is 12.2. The second kappa shape index (κ2) is 5.92. The van der Waals surface area contributed by atoms with E-state index in [-0.39, 0.29) is 5.78 Å². The average molecular weight is 274 g/mol. The Bertz CT molecular complexity index is 709. The molecule has 2 aliphatic carbocycles. The molecule has 0 aromatic heterocycles. The van der Waals surface area contributed by atoms with Crippen LogP contribution in [0.3, 0.4) is 0 Å². The summed E-state index contributed by atoms with van der Waals surface area (Å²) in [6.07, 6.45) is 14.4. The summed E-state index contributed by atoms with van der Waals surface area (Å²) in [5, 5.41) is 0. The number of hydrogen-bond donors (Lipinski definition) is 0. The van der Waals surface area contributed by atoms with Crippen molar-refractivity contribution in [2.45, 2.75) is 19.8 Å². The van der Waals surface area contributed by atoms with E-state index in [0.717, 1.165) is 24.0 Å². The standard InChI is InChI=1S/C20H18O/c1-15-14-18(12-13-19(15)21)20(16-8-4-2-5-9-16)17-10-6-3-7-11-17/h2,4-6,8-14H,3,7H2,1H3/b20-18+. The summed E-state index contributed by atoms with van der Waals surface area (Å²) in [5.74, 6) is 0.0966. The van der Waals surface area contributed by atoms with Gasteiger partial charge in [0.2, 0.25) is 0 Å². The van der Waals surface area contributed by atoms with Crippen molar-refractivity contribution >= 4 is 11.4 Å². The summed E-state index contributed by atoms with van der Waals surface area (Å²) < 4.78 is 0. The lowest BCUT2D eigenvalue weighted by molar-refractivity contribution is -0.111. The minimum atomic E-state index is 0.0966. The molecule has 0 atom stereocenters. The van der Waals surface area contributed by atoms with E-state index in [2.05, 4.69) is 42.5 Å². The Morgan fingerprint density at radius 2 is 1.81 bits per heavy atom. The molecule has 1 heteroatoms. The van der Waals surface area contributed by atoms with Crippen LogP contribution in [0.4, 0.5) is 0 Å². The molecule has 21 heavy (non-hydrogen) atoms. The molecule has 0 saturated carbocycles. The monoisotopic (exact) mass is 274 g/mol. The molecule has 1 aromatic carbocycles. The maximum atomic E-state index is 11.7. The van der Waals surface area contributed by atoms with Crippen LogP contribution >= 0.6 is 0 Å². The molecule has 3 rings (SSSR count). The maximum Gasteiger partial charge on any atom is 0.181 e. The first kappa shape index (κ1) is 13.6. The van der Waals surface area contributed by atoms with Crippen molar-refractivity contribution in [3.63, 3.8) is 0 Å². The smallest absolute Gasteiger partial charge is 0.181 e. The lowest BCUT2D eigenvalue weighted by Gasteiger charge is -2.17. The lowest BCUT2D eigenvalue weighted by atomic mass is 9.87. The van der Waals surface area contributed by atoms with Gasteiger partial charge in [-0.25, -0.2) is 0 Å². The highest BCUT2D eigenvalue weighted by atomic mass is 16.1. The predicted octanol–water partition coefficient (Wildman–Crippen LogP) is 4.80. The predicted molar refractivity (Wildman–Crippen MR) is 87.7 cm³/mol. The Morgan fingerprint density at radius 1 is 1.00 bits per heavy atom. The molecular formula is C20H18O. The molecule has 0 bridgehead atoms. The van der Waals surface area contributed by atoms with Gasteiger partial charge in [0, 0.05) is 0 Å². The van der Waals surface area contributed by atoms with Crippen LogP contribution in [0.5, 0.6) is 0 Å². The molecule has 0 spiro atoms. The average Bonchev–Trinajstić information content (AvgIpc) is 2.53. The molecule has 1 nitrogen and oxygen atoms in total. The number of carbonyl (C=O) groups is 1. The van der Waals surface area contributed by atoms with Crippen LogP contribution in [0.25, 0.3) is 5.57 Å². The van der Waals surface area contributed by atoms with Crippen LogP contribution in [-0.2, 0) is 4.79 Å². The second-order valence-corrected chi connectivity index (χ2v) is 5.36. The number of allylic oxidation sites excluding steroid dienone is 10. The lowest BCUT2D eigenvalue weighted by Crippen LogP contribution is -2.02. The summed E-state index contributed by atoms with van der Waals surface area (Å²) in [6.45, 7) is 1.87. The zero-order valence-electron chi connectivity index (χ0n) is 12.2. The fraction of sp³-hybridized carbons (Fsp3) is 0.150. The van der Waals surface area contributed by atoms with Crippen molar-refractivity contribution in [3.8, 4) is 0 Å². The van der Waals surface area contributed by atoms with Crippen molar-refractivity contribution < 1.29 is 4.79 Å². The van der Waals surface area contributed by atoms with Gasteiger partial charge in [-0.05, 0) is 59.8 Å². The molecule has 1 aromatic rings. The molecule has 0 N–H and O–H groups in total. The van der Waals surface area contributed by atoms with Crippen LogP contribution < -0.4 is 0 Å². The molecule has 0 amide bonds. The number of ketones is 1. The summed E-state index contributed by atoms with van der Waals surface area (Å²) in [6, 6.07) is 10.4. The van der Waals surface area contributed by atoms with Gasteiger partial charge < -0.3 is 0 Å². The summed E-state index contributed by atoms with van der Waals surface area (Å²) in [4.78, 5) is 11.7. The van der Waals surface area contributed by atoms with Crippen LogP contribution in [0.15, 0.2) is 83.5 Å². The second-order valence-electron chi connectivity index (χ2n) is 5.36. The molecule has 0 radical (unpaired) electrons. The number of benzene rings is 1. The fourth-order valence-corrected chi connectivity index (χ4v) is 2.71. The highest BCUT2D eigenvalue weighted by molar-refractivity contribution is 6.07. The van der Waals surface area contributed by atoms with Crippen LogP contribution in [-0.4, -0.2) is 5.78 Å². The van der Waals surface area contributed by atoms with E-state index in [1.165, 1.54) is 16.7 Å². The fourth-order valence-electron chi connectivity index (χ4n) is 2.71. The van der Waals surface area contributed by atoms with Gasteiger partial charge >= 0.3 is 0 Å². The van der Waals surface area contributed by atoms with Crippen LogP contribution in [0.2, 0.25) is 0 Å². The van der Waals surface area contributed by atoms with Gasteiger partial charge in [-0.2, -0.15) is 0 Å². The largest absolute Gasteiger partial charge is 0.290 e. The van der Waals surface area contributed by atoms with Crippen molar-refractivity contribution in [2.24, 2.45) is 0 Å². The molecule has 0 fully saturated rings. The molecular weight excluding hydrogens is 256 g/mol. The first-order valence-corrected chi connectivity index (χ1v) is 7.33. The molecule has 0 saturated heterocycles. The Labute approximate surface area is 125 Å². The Balaban J connectivity index is 2.18. The quantitative estimate of drug-likeness (QED) is 0.757. The molecule has 0 unspecified atom stereocenters. The Morgan fingerprint density at radius 3 is 2.48 bits per heavy atom. The summed E-state index contributed by atoms with van der Waals surface area (Å²) in [5.41, 5.74) is 5.53. The van der Waals surface area contributed by atoms with Gasteiger partial charge in [-0.15, -0.1) is 0 Å². The number of hydrogen-bond acceptors (Lipinski definition) is 1. The maximum absolute atomic E-state index is 11.7. The molecule has 2 aliphatic rings. The Hall–Kier alpha value is -2.41. The van der Waals surface area contributed by atoms with E-state index in [1.807, 2.05) is 25.1 Å². The van der Waals surface area contributed by atoms with Gasteiger partial charge in [0.15, 0.2) is 5.78 Å². The third-order valence-electron chi connectivity index (χ3n) is 3.81. The third-order valence-corrected chi connectivity index (χ3v) is 3.81. The minimum absolute atomic E-state index is 0.0966. The van der Waals surface area contributed by atoms with E-state index in [4.69, 9.17) is 0 Å². The molecule has 0 heterocycles. The topological polar surface area (TPSA) is 17.1 Å². The van der Waals surface area contributed by atoms with Gasteiger partial charge in [0.1, 0.15) is 0 Å². The van der Waals surface area contributed by atoms with E-state index >= 15 is 0 Å². The molecule has 0 aliphatic heterocycles. The van der Waals surface area contributed by atoms with E-state index < -0.39 is 0 Å². The van der Waals surface area contributed by atoms with Gasteiger partial charge in [0.05, 0.1) is 0 Å². The van der Waals surface area contributed by atoms with Crippen molar-refractivity contribution in [3.05, 3.63) is 89.1 Å². The van der Waals surface area contributed by atoms with Gasteiger partial charge in [-0.1, -0.05) is 54.6 Å². The first-order valence-electron chi connectivity index (χ1n) is 7.33. The Kier molecular flexibility index (Phi) is 3.83. The first-order chi connectivity index (χ1) is 10.3. The van der Waals surface area contributed by atoms with Crippen LogP contribution in [0.1, 0.15) is 25.3 Å². The summed E-state index contributed by atoms with van der Waals surface area (Å²) in [7, 11) is 0. The van der Waals surface area contributed by atoms with Crippen LogP contribution in [0, 0.1) is 0 Å². The minimum Gasteiger partial charge on any atom is -0.290 e. The number of rotatable bonds is 2. The van der Waals surface area contributed by atoms with Gasteiger partial charge in [-0.3, -0.25) is 4.79 Å². The third kappa shape index (κ3) is 2.87. The van der Waals surface area contributed by atoms with E-state index in [0.29, 0.717) is 0 Å². The highest BCUT2D eigenvalue weighted by Crippen LogP contribution is 2.32. The van der Waals surface area contributed by atoms with Gasteiger partial charge in [0.25, 0.3) is 0 Å². The van der Waals surface area contributed by atoms with Crippen molar-refractivity contribution in [1.82, 2.24) is 0 Å². The van der Waals surface area contributed by atoms with Crippen molar-refractivity contribution in [2.75, 3.05) is 0 Å². The summed E-state index contributed by atoms with van der Waals surface area (Å²) >= 11 is 0. The SMILES string of the molecule is CC1=C/C(=C(/C2=CCCC=C2)c2ccccc2)C=CC1=O. The zero-order chi connectivity index (χ0) is 14.7. The number of carbonyl (C=O) groups excluding carboxylic acids is 1.